The molecule has 1 unspecified atom stereocenters. The molecule has 4 N–H and O–H groups in total. The zero-order chi connectivity index (χ0) is 26.1. The van der Waals surface area contributed by atoms with Crippen molar-refractivity contribution in [3.05, 3.63) is 64.3 Å². The molecular formula is C25H26ClNO9. The van der Waals surface area contributed by atoms with Crippen LogP contribution in [0.1, 0.15) is 21.6 Å². The highest BCUT2D eigenvalue weighted by Crippen LogP contribution is 2.31. The number of halogens is 1. The fourth-order valence-electron chi connectivity index (χ4n) is 4.28. The molecule has 2 aromatic carbocycles. The largest absolute Gasteiger partial charge is 0.497 e. The normalized spacial score (nSPS) is 24.0. The molecule has 0 aliphatic carbocycles. The van der Waals surface area contributed by atoms with Crippen LogP contribution in [-0.2, 0) is 20.7 Å². The second-order valence-corrected chi connectivity index (χ2v) is 8.89. The Morgan fingerprint density at radius 1 is 1.06 bits per heavy atom. The molecule has 0 amide bonds. The van der Waals surface area contributed by atoms with E-state index in [2.05, 4.69) is 0 Å². The van der Waals surface area contributed by atoms with Gasteiger partial charge in [-0.05, 0) is 55.0 Å². The summed E-state index contributed by atoms with van der Waals surface area (Å²) in [5, 5.41) is 40.5. The van der Waals surface area contributed by atoms with Gasteiger partial charge in [-0.3, -0.25) is 14.2 Å². The van der Waals surface area contributed by atoms with Crippen molar-refractivity contribution >= 4 is 34.4 Å². The van der Waals surface area contributed by atoms with E-state index in [4.69, 9.17) is 25.8 Å². The predicted molar refractivity (Wildman–Crippen MR) is 128 cm³/mol. The number of aromatic nitrogens is 1. The summed E-state index contributed by atoms with van der Waals surface area (Å²) in [6.07, 6.45) is -8.10. The van der Waals surface area contributed by atoms with Gasteiger partial charge in [-0.25, -0.2) is 0 Å². The van der Waals surface area contributed by atoms with E-state index in [-0.39, 0.29) is 12.3 Å². The number of esters is 1. The first-order valence-electron chi connectivity index (χ1n) is 11.1. The Labute approximate surface area is 211 Å². The monoisotopic (exact) mass is 519 g/mol. The minimum absolute atomic E-state index is 0.300. The maximum Gasteiger partial charge on any atom is 0.312 e. The Hall–Kier alpha value is -2.99. The number of aliphatic hydroxyl groups excluding tert-OH is 4. The molecule has 36 heavy (non-hydrogen) atoms. The van der Waals surface area contributed by atoms with Gasteiger partial charge in [0.05, 0.1) is 25.7 Å². The summed E-state index contributed by atoms with van der Waals surface area (Å²) < 4.78 is 17.3. The number of fused-ring (bicyclic) bond motifs is 1. The fourth-order valence-corrected chi connectivity index (χ4v) is 4.40. The lowest BCUT2D eigenvalue weighted by Crippen LogP contribution is -2.59. The molecule has 1 aliphatic rings. The van der Waals surface area contributed by atoms with E-state index in [0.29, 0.717) is 38.5 Å². The van der Waals surface area contributed by atoms with Crippen LogP contribution in [0.4, 0.5) is 0 Å². The predicted octanol–water partition coefficient (Wildman–Crippen LogP) is 1.19. The molecule has 11 heteroatoms. The number of carbonyl (C=O) groups excluding carboxylic acids is 2. The van der Waals surface area contributed by atoms with E-state index in [1.165, 1.54) is 11.7 Å². The molecule has 0 spiro atoms. The van der Waals surface area contributed by atoms with Crippen molar-refractivity contribution in [2.75, 3.05) is 13.7 Å². The van der Waals surface area contributed by atoms with Crippen molar-refractivity contribution in [2.45, 2.75) is 44.1 Å². The third-order valence-corrected chi connectivity index (χ3v) is 6.51. The van der Waals surface area contributed by atoms with Crippen LogP contribution in [0, 0.1) is 6.92 Å². The fraction of sp³-hybridized carbons (Fsp3) is 0.360. The number of ether oxygens (including phenoxy) is 3. The minimum Gasteiger partial charge on any atom is -0.497 e. The lowest BCUT2D eigenvalue weighted by molar-refractivity contribution is -0.292. The van der Waals surface area contributed by atoms with E-state index < -0.39 is 43.3 Å². The van der Waals surface area contributed by atoms with Gasteiger partial charge >= 0.3 is 5.97 Å². The highest BCUT2D eigenvalue weighted by molar-refractivity contribution is 6.30. The molecule has 0 radical (unpaired) electrons. The molecule has 10 nitrogen and oxygen atoms in total. The molecule has 3 aromatic rings. The van der Waals surface area contributed by atoms with Crippen LogP contribution in [-0.4, -0.2) is 81.3 Å². The number of methoxy groups -OCH3 is 1. The van der Waals surface area contributed by atoms with Gasteiger partial charge in [-0.15, -0.1) is 0 Å². The van der Waals surface area contributed by atoms with Gasteiger partial charge in [0.2, 0.25) is 6.29 Å². The highest BCUT2D eigenvalue weighted by atomic mass is 35.5. The number of rotatable bonds is 6. The van der Waals surface area contributed by atoms with Gasteiger partial charge in [-0.2, -0.15) is 0 Å². The maximum atomic E-state index is 13.4. The summed E-state index contributed by atoms with van der Waals surface area (Å²) in [7, 11) is 1.50. The van der Waals surface area contributed by atoms with Crippen LogP contribution >= 0.6 is 11.6 Å². The van der Waals surface area contributed by atoms with Crippen molar-refractivity contribution < 1.29 is 44.2 Å². The smallest absolute Gasteiger partial charge is 0.312 e. The third-order valence-electron chi connectivity index (χ3n) is 6.25. The Balaban J connectivity index is 1.67. The lowest BCUT2D eigenvalue weighted by atomic mass is 9.99. The minimum atomic E-state index is -1.72. The summed E-state index contributed by atoms with van der Waals surface area (Å²) >= 11 is 5.95. The van der Waals surface area contributed by atoms with Crippen LogP contribution in [0.15, 0.2) is 42.5 Å². The van der Waals surface area contributed by atoms with Crippen molar-refractivity contribution in [1.82, 2.24) is 4.57 Å². The topological polar surface area (TPSA) is 148 Å². The highest BCUT2D eigenvalue weighted by Gasteiger charge is 2.45. The van der Waals surface area contributed by atoms with Crippen molar-refractivity contribution in [1.29, 1.82) is 0 Å². The van der Waals surface area contributed by atoms with E-state index in [1.807, 2.05) is 0 Å². The number of hydrogen-bond acceptors (Lipinski definition) is 9. The first-order valence-corrected chi connectivity index (χ1v) is 11.5. The van der Waals surface area contributed by atoms with Gasteiger partial charge in [0, 0.05) is 21.7 Å². The quantitative estimate of drug-likeness (QED) is 0.352. The standard InChI is InChI=1S/C25H26ClNO9/c1-12-16(10-20(29)36-25-23(32)22(31)21(30)19(11-28)35-25)17-9-15(34-2)7-8-18(17)27(12)24(33)13-3-5-14(26)6-4-13/h3-9,19,21-23,25,28,30-32H,10-11H2,1-2H3/t19-,21+,22+,23-,25?/m1/s1. The Morgan fingerprint density at radius 2 is 1.75 bits per heavy atom. The molecule has 5 atom stereocenters. The maximum absolute atomic E-state index is 13.4. The summed E-state index contributed by atoms with van der Waals surface area (Å²) in [5.74, 6) is -0.627. The first kappa shape index (κ1) is 26.1. The van der Waals surface area contributed by atoms with E-state index in [1.54, 1.807) is 49.4 Å². The lowest BCUT2D eigenvalue weighted by Gasteiger charge is -2.39. The molecule has 1 aromatic heterocycles. The molecule has 4 rings (SSSR count). The van der Waals surface area contributed by atoms with E-state index >= 15 is 0 Å². The number of benzene rings is 2. The average molecular weight is 520 g/mol. The van der Waals surface area contributed by atoms with Crippen molar-refractivity contribution in [3.63, 3.8) is 0 Å². The van der Waals surface area contributed by atoms with Gasteiger partial charge in [0.15, 0.2) is 0 Å². The zero-order valence-corrected chi connectivity index (χ0v) is 20.3. The number of nitrogens with zero attached hydrogens (tertiary/aromatic N) is 1. The van der Waals surface area contributed by atoms with Gasteiger partial charge < -0.3 is 34.6 Å². The molecule has 0 bridgehead atoms. The molecule has 192 valence electrons. The summed E-state index contributed by atoms with van der Waals surface area (Å²) in [5.41, 5.74) is 1.92. The molecule has 2 heterocycles. The summed E-state index contributed by atoms with van der Waals surface area (Å²) in [6.45, 7) is 1.04. The van der Waals surface area contributed by atoms with Crippen molar-refractivity contribution in [3.8, 4) is 5.75 Å². The second-order valence-electron chi connectivity index (χ2n) is 8.46. The number of aliphatic hydroxyl groups is 4. The molecular weight excluding hydrogens is 494 g/mol. The Kier molecular flexibility index (Phi) is 7.65. The van der Waals surface area contributed by atoms with E-state index in [0.717, 1.165) is 0 Å². The van der Waals surface area contributed by atoms with Gasteiger partial charge in [-0.1, -0.05) is 11.6 Å². The van der Waals surface area contributed by atoms with Crippen LogP contribution in [0.2, 0.25) is 5.02 Å². The van der Waals surface area contributed by atoms with Crippen LogP contribution < -0.4 is 4.74 Å². The average Bonchev–Trinajstić information content (AvgIpc) is 3.14. The van der Waals surface area contributed by atoms with Crippen molar-refractivity contribution in [2.24, 2.45) is 0 Å². The SMILES string of the molecule is COc1ccc2c(c1)c(CC(=O)OC1O[C@H](CO)[C@H](O)[C@H](O)[C@H]1O)c(C)n2C(=O)c1ccc(Cl)cc1. The Morgan fingerprint density at radius 3 is 2.39 bits per heavy atom. The molecule has 1 fully saturated rings. The molecule has 0 saturated carbocycles. The summed E-state index contributed by atoms with van der Waals surface area (Å²) in [4.78, 5) is 26.3. The van der Waals surface area contributed by atoms with Gasteiger partial charge in [0.1, 0.15) is 30.2 Å². The van der Waals surface area contributed by atoms with Crippen LogP contribution in [0.25, 0.3) is 10.9 Å². The number of carbonyl (C=O) groups is 2. The zero-order valence-electron chi connectivity index (χ0n) is 19.5. The molecule has 1 saturated heterocycles. The third kappa shape index (κ3) is 4.83. The second kappa shape index (κ2) is 10.6. The van der Waals surface area contributed by atoms with Crippen LogP contribution in [0.5, 0.6) is 5.75 Å². The van der Waals surface area contributed by atoms with Gasteiger partial charge in [0.25, 0.3) is 5.91 Å². The first-order chi connectivity index (χ1) is 17.2. The molecule has 1 aliphatic heterocycles. The number of hydrogen-bond donors (Lipinski definition) is 4. The summed E-state index contributed by atoms with van der Waals surface area (Å²) in [6, 6.07) is 11.5. The Bertz CT molecular complexity index is 1270. The van der Waals surface area contributed by atoms with Crippen LogP contribution in [0.3, 0.4) is 0 Å². The van der Waals surface area contributed by atoms with E-state index in [9.17, 15) is 30.0 Å².